The van der Waals surface area contributed by atoms with Gasteiger partial charge in [0.15, 0.2) is 5.96 Å². The fraction of sp³-hybridized carbons (Fsp3) is 0.727. The van der Waals surface area contributed by atoms with Crippen LogP contribution in [0.2, 0.25) is 0 Å². The Labute approximate surface area is 115 Å². The Morgan fingerprint density at radius 2 is 2.38 bits per heavy atom. The van der Waals surface area contributed by atoms with E-state index in [4.69, 9.17) is 10.5 Å². The van der Waals surface area contributed by atoms with E-state index in [1.807, 2.05) is 6.92 Å². The van der Waals surface area contributed by atoms with Crippen LogP contribution in [0.4, 0.5) is 0 Å². The predicted molar refractivity (Wildman–Crippen MR) is 78.3 cm³/mol. The van der Waals surface area contributed by atoms with Crippen LogP contribution in [0, 0.1) is 0 Å². The van der Waals surface area contributed by atoms with Crippen molar-refractivity contribution < 1.29 is 4.74 Å². The molecule has 0 aliphatic carbocycles. The maximum Gasteiger partial charge on any atom is 0.188 e. The van der Waals surface area contributed by atoms with Crippen molar-refractivity contribution in [1.29, 1.82) is 0 Å². The van der Waals surface area contributed by atoms with Crippen LogP contribution in [0.3, 0.4) is 0 Å². The van der Waals surface area contributed by atoms with Gasteiger partial charge in [-0.2, -0.15) is 0 Å². The molecule has 0 saturated carbocycles. The Morgan fingerprint density at radius 3 is 2.94 bits per heavy atom. The number of guanidine groups is 1. The van der Waals surface area contributed by atoms with E-state index in [0.717, 1.165) is 25.1 Å². The Kier molecular flexibility index (Phi) is 8.64. The maximum absolute atomic E-state index is 5.66. The number of halogens is 1. The van der Waals surface area contributed by atoms with E-state index in [0.29, 0.717) is 18.6 Å². The lowest BCUT2D eigenvalue weighted by Gasteiger charge is -2.10. The molecular weight excluding hydrogens is 317 g/mol. The van der Waals surface area contributed by atoms with Crippen LogP contribution in [0.25, 0.3) is 0 Å². The second-order valence-electron chi connectivity index (χ2n) is 4.01. The Balaban J connectivity index is 0.00000225. The van der Waals surface area contributed by atoms with E-state index in [2.05, 4.69) is 16.9 Å². The molecule has 16 heavy (non-hydrogen) atoms. The van der Waals surface area contributed by atoms with Gasteiger partial charge in [0, 0.05) is 13.2 Å². The molecule has 0 bridgehead atoms. The average molecular weight is 339 g/mol. The number of nitrogens with zero attached hydrogens (tertiary/aromatic N) is 1. The Bertz CT molecular complexity index is 237. The maximum atomic E-state index is 5.66. The first kappa shape index (κ1) is 15.7. The number of ether oxygens (including phenoxy) is 1. The third kappa shape index (κ3) is 7.05. The smallest absolute Gasteiger partial charge is 0.188 e. The molecule has 5 heteroatoms. The van der Waals surface area contributed by atoms with Crippen molar-refractivity contribution in [1.82, 2.24) is 5.32 Å². The molecule has 94 valence electrons. The van der Waals surface area contributed by atoms with Crippen LogP contribution in [0.5, 0.6) is 0 Å². The van der Waals surface area contributed by atoms with Crippen LogP contribution in [-0.2, 0) is 4.74 Å². The van der Waals surface area contributed by atoms with Crippen molar-refractivity contribution in [2.75, 3.05) is 19.7 Å². The minimum Gasteiger partial charge on any atom is -0.378 e. The minimum absolute atomic E-state index is 0. The van der Waals surface area contributed by atoms with Gasteiger partial charge in [0.2, 0.25) is 0 Å². The number of aliphatic imine (C=N–C) groups is 1. The van der Waals surface area contributed by atoms with Gasteiger partial charge in [0.25, 0.3) is 0 Å². The molecule has 1 rings (SSSR count). The van der Waals surface area contributed by atoms with E-state index < -0.39 is 0 Å². The van der Waals surface area contributed by atoms with Crippen molar-refractivity contribution in [3.05, 3.63) is 12.2 Å². The first-order valence-corrected chi connectivity index (χ1v) is 5.48. The summed E-state index contributed by atoms with van der Waals surface area (Å²) in [7, 11) is 0. The van der Waals surface area contributed by atoms with Crippen LogP contribution in [-0.4, -0.2) is 31.8 Å². The van der Waals surface area contributed by atoms with Crippen LogP contribution in [0.1, 0.15) is 26.2 Å². The topological polar surface area (TPSA) is 59.6 Å². The van der Waals surface area contributed by atoms with Crippen LogP contribution in [0.15, 0.2) is 17.1 Å². The zero-order valence-electron chi connectivity index (χ0n) is 9.87. The zero-order valence-corrected chi connectivity index (χ0v) is 12.2. The first-order valence-electron chi connectivity index (χ1n) is 5.48. The molecule has 1 saturated heterocycles. The third-order valence-corrected chi connectivity index (χ3v) is 2.32. The monoisotopic (exact) mass is 339 g/mol. The predicted octanol–water partition coefficient (Wildman–Crippen LogP) is 1.65. The highest BCUT2D eigenvalue weighted by Crippen LogP contribution is 2.14. The highest BCUT2D eigenvalue weighted by molar-refractivity contribution is 14.0. The minimum atomic E-state index is 0. The second-order valence-corrected chi connectivity index (χ2v) is 4.01. The first-order chi connectivity index (χ1) is 7.18. The number of hydrogen-bond donors (Lipinski definition) is 2. The lowest BCUT2D eigenvalue weighted by Crippen LogP contribution is -2.34. The Hall–Kier alpha value is -0.300. The summed E-state index contributed by atoms with van der Waals surface area (Å²) >= 11 is 0. The third-order valence-electron chi connectivity index (χ3n) is 2.32. The van der Waals surface area contributed by atoms with Crippen molar-refractivity contribution in [3.63, 3.8) is 0 Å². The quantitative estimate of drug-likeness (QED) is 0.347. The molecule has 0 aromatic heterocycles. The van der Waals surface area contributed by atoms with Crippen molar-refractivity contribution in [2.45, 2.75) is 32.3 Å². The molecule has 0 amide bonds. The molecule has 1 heterocycles. The van der Waals surface area contributed by atoms with E-state index in [1.165, 1.54) is 12.8 Å². The molecule has 0 spiro atoms. The molecule has 1 unspecified atom stereocenters. The average Bonchev–Trinajstić information content (AvgIpc) is 2.67. The van der Waals surface area contributed by atoms with Crippen molar-refractivity contribution in [3.8, 4) is 0 Å². The van der Waals surface area contributed by atoms with Gasteiger partial charge in [-0.05, 0) is 26.2 Å². The summed E-state index contributed by atoms with van der Waals surface area (Å²) in [6.07, 6.45) is 3.77. The van der Waals surface area contributed by atoms with Gasteiger partial charge in [-0.1, -0.05) is 12.2 Å². The van der Waals surface area contributed by atoms with E-state index in [9.17, 15) is 0 Å². The lowest BCUT2D eigenvalue weighted by molar-refractivity contribution is 0.105. The molecule has 1 atom stereocenters. The molecule has 3 N–H and O–H groups in total. The summed E-state index contributed by atoms with van der Waals surface area (Å²) in [5.41, 5.74) is 6.68. The van der Waals surface area contributed by atoms with E-state index in [1.54, 1.807) is 0 Å². The van der Waals surface area contributed by atoms with Gasteiger partial charge in [-0.15, -0.1) is 24.0 Å². The van der Waals surface area contributed by atoms with Crippen molar-refractivity contribution >= 4 is 29.9 Å². The largest absolute Gasteiger partial charge is 0.378 e. The van der Waals surface area contributed by atoms with Gasteiger partial charge < -0.3 is 15.8 Å². The summed E-state index contributed by atoms with van der Waals surface area (Å²) in [6.45, 7) is 8.03. The SMILES string of the molecule is C=C(C)CN=C(N)NCCC1CCCO1.I. The summed E-state index contributed by atoms with van der Waals surface area (Å²) in [5, 5.41) is 3.07. The molecule has 0 radical (unpaired) electrons. The van der Waals surface area contributed by atoms with Gasteiger partial charge in [-0.25, -0.2) is 4.99 Å². The van der Waals surface area contributed by atoms with Gasteiger partial charge >= 0.3 is 0 Å². The molecule has 1 fully saturated rings. The molecule has 1 aliphatic heterocycles. The summed E-state index contributed by atoms with van der Waals surface area (Å²) in [4.78, 5) is 4.13. The molecular formula is C11H22IN3O. The number of nitrogens with two attached hydrogens (primary N) is 1. The fourth-order valence-corrected chi connectivity index (χ4v) is 1.51. The highest BCUT2D eigenvalue weighted by atomic mass is 127. The number of rotatable bonds is 5. The zero-order chi connectivity index (χ0) is 11.1. The summed E-state index contributed by atoms with van der Waals surface area (Å²) in [5.74, 6) is 0.496. The second kappa shape index (κ2) is 8.81. The number of hydrogen-bond acceptors (Lipinski definition) is 2. The summed E-state index contributed by atoms with van der Waals surface area (Å²) in [6, 6.07) is 0. The van der Waals surface area contributed by atoms with Crippen LogP contribution < -0.4 is 11.1 Å². The number of nitrogens with one attached hydrogen (secondary N) is 1. The van der Waals surface area contributed by atoms with Crippen molar-refractivity contribution in [2.24, 2.45) is 10.7 Å². The lowest BCUT2D eigenvalue weighted by atomic mass is 10.2. The normalized spacial score (nSPS) is 20.3. The molecule has 0 aromatic carbocycles. The molecule has 1 aliphatic rings. The highest BCUT2D eigenvalue weighted by Gasteiger charge is 2.14. The van der Waals surface area contributed by atoms with Crippen LogP contribution >= 0.6 is 24.0 Å². The standard InChI is InChI=1S/C11H21N3O.HI/c1-9(2)8-14-11(12)13-6-5-10-4-3-7-15-10;/h10H,1,3-8H2,2H3,(H3,12,13,14);1H. The summed E-state index contributed by atoms with van der Waals surface area (Å²) < 4.78 is 5.50. The fourth-order valence-electron chi connectivity index (χ4n) is 1.51. The van der Waals surface area contributed by atoms with Gasteiger partial charge in [0.05, 0.1) is 12.6 Å². The van der Waals surface area contributed by atoms with Gasteiger partial charge in [-0.3, -0.25) is 0 Å². The molecule has 4 nitrogen and oxygen atoms in total. The van der Waals surface area contributed by atoms with E-state index in [-0.39, 0.29) is 24.0 Å². The van der Waals surface area contributed by atoms with E-state index >= 15 is 0 Å². The molecule has 0 aromatic rings. The van der Waals surface area contributed by atoms with Gasteiger partial charge in [0.1, 0.15) is 0 Å². The Morgan fingerprint density at radius 1 is 1.62 bits per heavy atom.